The summed E-state index contributed by atoms with van der Waals surface area (Å²) in [5.41, 5.74) is 2.84. The van der Waals surface area contributed by atoms with E-state index >= 15 is 0 Å². The number of imidazole rings is 1. The van der Waals surface area contributed by atoms with Gasteiger partial charge in [0.2, 0.25) is 0 Å². The molecule has 0 aliphatic carbocycles. The molecule has 1 saturated heterocycles. The van der Waals surface area contributed by atoms with Crippen LogP contribution >= 0.6 is 0 Å². The number of hydrogen-bond donors (Lipinski definition) is 0. The first-order chi connectivity index (χ1) is 17.2. The zero-order valence-electron chi connectivity index (χ0n) is 20.1. The van der Waals surface area contributed by atoms with Crippen LogP contribution in [0.15, 0.2) is 78.9 Å². The fourth-order valence-electron chi connectivity index (χ4n) is 4.72. The van der Waals surface area contributed by atoms with Gasteiger partial charge in [0.05, 0.1) is 17.6 Å². The number of carbonyl (C=O) groups is 1. The molecule has 0 atom stereocenters. The second-order valence-corrected chi connectivity index (χ2v) is 8.92. The molecule has 0 spiro atoms. The molecule has 35 heavy (non-hydrogen) atoms. The number of benzene rings is 3. The van der Waals surface area contributed by atoms with Crippen LogP contribution in [0.4, 0.5) is 0 Å². The third kappa shape index (κ3) is 5.32. The van der Waals surface area contributed by atoms with Gasteiger partial charge in [-0.25, -0.2) is 4.98 Å². The number of piperidine rings is 1. The summed E-state index contributed by atoms with van der Waals surface area (Å²) in [6.07, 6.45) is 1.93. The van der Waals surface area contributed by atoms with Crippen LogP contribution in [0.3, 0.4) is 0 Å². The second kappa shape index (κ2) is 10.6. The van der Waals surface area contributed by atoms with Crippen molar-refractivity contribution in [3.63, 3.8) is 0 Å². The number of ether oxygens (including phenoxy) is 2. The molecule has 1 aliphatic heterocycles. The maximum Gasteiger partial charge on any atom is 0.253 e. The normalized spacial score (nSPS) is 14.3. The fourth-order valence-corrected chi connectivity index (χ4v) is 4.72. The minimum Gasteiger partial charge on any atom is -0.494 e. The molecule has 1 amide bonds. The monoisotopic (exact) mass is 469 g/mol. The molecule has 4 aromatic rings. The number of rotatable bonds is 8. The first-order valence-electron chi connectivity index (χ1n) is 12.4. The lowest BCUT2D eigenvalue weighted by atomic mass is 9.96. The lowest BCUT2D eigenvalue weighted by molar-refractivity contribution is 0.0682. The summed E-state index contributed by atoms with van der Waals surface area (Å²) < 4.78 is 13.8. The van der Waals surface area contributed by atoms with Crippen molar-refractivity contribution in [1.82, 2.24) is 14.5 Å². The van der Waals surface area contributed by atoms with Crippen LogP contribution in [0.25, 0.3) is 11.0 Å². The molecule has 0 N–H and O–H groups in total. The maximum absolute atomic E-state index is 13.0. The molecule has 3 aromatic carbocycles. The summed E-state index contributed by atoms with van der Waals surface area (Å²) in [7, 11) is 0. The van der Waals surface area contributed by atoms with Crippen molar-refractivity contribution in [3.05, 3.63) is 90.3 Å². The molecule has 1 aromatic heterocycles. The van der Waals surface area contributed by atoms with E-state index in [-0.39, 0.29) is 5.91 Å². The summed E-state index contributed by atoms with van der Waals surface area (Å²) in [5, 5.41) is 0. The Morgan fingerprint density at radius 1 is 0.886 bits per heavy atom. The summed E-state index contributed by atoms with van der Waals surface area (Å²) >= 11 is 0. The highest BCUT2D eigenvalue weighted by molar-refractivity contribution is 5.94. The van der Waals surface area contributed by atoms with Crippen molar-refractivity contribution in [2.45, 2.75) is 32.9 Å². The van der Waals surface area contributed by atoms with E-state index < -0.39 is 0 Å². The van der Waals surface area contributed by atoms with E-state index in [9.17, 15) is 4.79 Å². The fraction of sp³-hybridized carbons (Fsp3) is 0.310. The van der Waals surface area contributed by atoms with Crippen molar-refractivity contribution in [2.24, 2.45) is 5.92 Å². The van der Waals surface area contributed by atoms with Crippen LogP contribution in [-0.4, -0.2) is 40.1 Å². The minimum absolute atomic E-state index is 0.0940. The average molecular weight is 470 g/mol. The predicted octanol–water partition coefficient (Wildman–Crippen LogP) is 5.57. The Morgan fingerprint density at radius 3 is 2.31 bits per heavy atom. The number of likely N-dealkylation sites (tertiary alicyclic amines) is 1. The quantitative estimate of drug-likeness (QED) is 0.339. The number of amides is 1. The van der Waals surface area contributed by atoms with Crippen LogP contribution in [0.1, 0.15) is 35.9 Å². The Hall–Kier alpha value is -3.80. The molecule has 6 nitrogen and oxygen atoms in total. The molecule has 5 rings (SSSR count). The van der Waals surface area contributed by atoms with E-state index in [1.807, 2.05) is 72.5 Å². The van der Waals surface area contributed by atoms with Crippen LogP contribution in [-0.2, 0) is 13.2 Å². The maximum atomic E-state index is 13.0. The van der Waals surface area contributed by atoms with Crippen LogP contribution in [0, 0.1) is 5.92 Å². The number of nitrogens with zero attached hydrogens (tertiary/aromatic N) is 3. The third-order valence-electron chi connectivity index (χ3n) is 6.60. The second-order valence-electron chi connectivity index (χ2n) is 8.92. The van der Waals surface area contributed by atoms with Gasteiger partial charge in [0.25, 0.3) is 5.91 Å². The molecule has 0 saturated carbocycles. The van der Waals surface area contributed by atoms with Gasteiger partial charge >= 0.3 is 0 Å². The smallest absolute Gasteiger partial charge is 0.253 e. The van der Waals surface area contributed by atoms with Crippen molar-refractivity contribution in [2.75, 3.05) is 19.7 Å². The van der Waals surface area contributed by atoms with Gasteiger partial charge in [-0.15, -0.1) is 0 Å². The highest BCUT2D eigenvalue weighted by Crippen LogP contribution is 2.25. The lowest BCUT2D eigenvalue weighted by Crippen LogP contribution is -2.39. The van der Waals surface area contributed by atoms with Crippen molar-refractivity contribution < 1.29 is 14.3 Å². The van der Waals surface area contributed by atoms with Gasteiger partial charge in [0.1, 0.15) is 23.9 Å². The third-order valence-corrected chi connectivity index (χ3v) is 6.60. The van der Waals surface area contributed by atoms with Crippen molar-refractivity contribution >= 4 is 16.9 Å². The highest BCUT2D eigenvalue weighted by Gasteiger charge is 2.25. The Kier molecular flexibility index (Phi) is 6.98. The molecule has 0 unspecified atom stereocenters. The number of para-hydroxylation sites is 3. The van der Waals surface area contributed by atoms with E-state index in [1.165, 1.54) is 0 Å². The van der Waals surface area contributed by atoms with Gasteiger partial charge in [-0.3, -0.25) is 4.79 Å². The van der Waals surface area contributed by atoms with E-state index in [0.29, 0.717) is 24.7 Å². The number of carbonyl (C=O) groups excluding carboxylic acids is 1. The largest absolute Gasteiger partial charge is 0.494 e. The Labute approximate surface area is 206 Å². The number of fused-ring (bicyclic) bond motifs is 1. The minimum atomic E-state index is 0.0940. The van der Waals surface area contributed by atoms with Crippen molar-refractivity contribution in [3.8, 4) is 11.5 Å². The van der Waals surface area contributed by atoms with Crippen molar-refractivity contribution in [1.29, 1.82) is 0 Å². The van der Waals surface area contributed by atoms with Gasteiger partial charge < -0.3 is 18.9 Å². The Bertz CT molecular complexity index is 1260. The molecule has 2 heterocycles. The SMILES string of the molecule is CCOc1ccc(C(=O)N2CCC(Cn3c(COc4ccccc4)nc4ccccc43)CC2)cc1. The van der Waals surface area contributed by atoms with Gasteiger partial charge in [-0.1, -0.05) is 30.3 Å². The van der Waals surface area contributed by atoms with Crippen LogP contribution in [0.2, 0.25) is 0 Å². The van der Waals surface area contributed by atoms with Gasteiger partial charge in [-0.2, -0.15) is 0 Å². The van der Waals surface area contributed by atoms with E-state index in [1.54, 1.807) is 0 Å². The van der Waals surface area contributed by atoms with E-state index in [0.717, 1.165) is 60.8 Å². The zero-order chi connectivity index (χ0) is 24.0. The Balaban J connectivity index is 1.24. The average Bonchev–Trinajstić information content (AvgIpc) is 3.26. The zero-order valence-corrected chi connectivity index (χ0v) is 20.1. The summed E-state index contributed by atoms with van der Waals surface area (Å²) in [5.74, 6) is 3.14. The first kappa shape index (κ1) is 23.0. The summed E-state index contributed by atoms with van der Waals surface area (Å²) in [6, 6.07) is 25.6. The molecule has 6 heteroatoms. The van der Waals surface area contributed by atoms with E-state index in [2.05, 4.69) is 22.8 Å². The topological polar surface area (TPSA) is 56.6 Å². The molecule has 0 radical (unpaired) electrons. The lowest BCUT2D eigenvalue weighted by Gasteiger charge is -2.32. The Morgan fingerprint density at radius 2 is 1.57 bits per heavy atom. The summed E-state index contributed by atoms with van der Waals surface area (Å²) in [4.78, 5) is 19.8. The standard InChI is InChI=1S/C29H31N3O3/c1-2-34-25-14-12-23(13-15-25)29(33)31-18-16-22(17-19-31)20-32-27-11-7-6-10-26(27)30-28(32)21-35-24-8-4-3-5-9-24/h3-15,22H,2,16-21H2,1H3. The summed E-state index contributed by atoms with van der Waals surface area (Å²) in [6.45, 7) is 5.40. The molecular weight excluding hydrogens is 438 g/mol. The first-order valence-corrected chi connectivity index (χ1v) is 12.4. The molecular formula is C29H31N3O3. The highest BCUT2D eigenvalue weighted by atomic mass is 16.5. The van der Waals surface area contributed by atoms with Crippen LogP contribution < -0.4 is 9.47 Å². The van der Waals surface area contributed by atoms with Crippen LogP contribution in [0.5, 0.6) is 11.5 Å². The number of aromatic nitrogens is 2. The van der Waals surface area contributed by atoms with Gasteiger partial charge in [0.15, 0.2) is 0 Å². The predicted molar refractivity (Wildman–Crippen MR) is 137 cm³/mol. The molecule has 1 fully saturated rings. The number of hydrogen-bond acceptors (Lipinski definition) is 4. The van der Waals surface area contributed by atoms with E-state index in [4.69, 9.17) is 14.5 Å². The van der Waals surface area contributed by atoms with Gasteiger partial charge in [-0.05, 0) is 74.2 Å². The molecule has 180 valence electrons. The molecule has 0 bridgehead atoms. The molecule has 1 aliphatic rings. The van der Waals surface area contributed by atoms with Gasteiger partial charge in [0, 0.05) is 25.2 Å².